The van der Waals surface area contributed by atoms with Gasteiger partial charge in [0.1, 0.15) is 0 Å². The van der Waals surface area contributed by atoms with Crippen LogP contribution in [-0.2, 0) is 6.42 Å². The highest BCUT2D eigenvalue weighted by atomic mass is 32.1. The van der Waals surface area contributed by atoms with Crippen LogP contribution in [0.2, 0.25) is 0 Å². The molecule has 0 unspecified atom stereocenters. The fraction of sp³-hybridized carbons (Fsp3) is 0.0833. The number of fused-ring (bicyclic) bond motifs is 2. The van der Waals surface area contributed by atoms with E-state index in [1.807, 2.05) is 24.3 Å². The van der Waals surface area contributed by atoms with Crippen molar-refractivity contribution in [3.8, 4) is 11.1 Å². The molecule has 0 N–H and O–H groups in total. The second kappa shape index (κ2) is 6.73. The first kappa shape index (κ1) is 16.9. The molecular weight excluding hydrogens is 366 g/mol. The highest BCUT2D eigenvalue weighted by Crippen LogP contribution is 2.39. The molecule has 0 saturated heterocycles. The van der Waals surface area contributed by atoms with Crippen molar-refractivity contribution in [1.82, 2.24) is 4.90 Å². The normalized spacial score (nSPS) is 13.4. The average molecular weight is 383 g/mol. The lowest BCUT2D eigenvalue weighted by Crippen LogP contribution is -2.31. The number of nitrogens with zero attached hydrogens (tertiary/aromatic N) is 1. The van der Waals surface area contributed by atoms with E-state index in [9.17, 15) is 9.59 Å². The zero-order valence-electron chi connectivity index (χ0n) is 15.1. The Kier molecular flexibility index (Phi) is 4.06. The zero-order valence-corrected chi connectivity index (χ0v) is 15.9. The van der Waals surface area contributed by atoms with Crippen LogP contribution in [0.3, 0.4) is 0 Å². The highest BCUT2D eigenvalue weighted by Gasteiger charge is 2.34. The largest absolute Gasteiger partial charge is 0.274 e. The van der Waals surface area contributed by atoms with Crippen molar-refractivity contribution >= 4 is 33.2 Å². The van der Waals surface area contributed by atoms with Crippen molar-refractivity contribution in [1.29, 1.82) is 0 Å². The molecule has 5 rings (SSSR count). The summed E-state index contributed by atoms with van der Waals surface area (Å²) in [6.45, 7) is 0.388. The number of hydrogen-bond acceptors (Lipinski definition) is 3. The summed E-state index contributed by atoms with van der Waals surface area (Å²) < 4.78 is 1.22. The fourth-order valence-corrected chi connectivity index (χ4v) is 5.06. The van der Waals surface area contributed by atoms with Crippen molar-refractivity contribution in [2.24, 2.45) is 0 Å². The second-order valence-corrected chi connectivity index (χ2v) is 7.96. The smallest absolute Gasteiger partial charge is 0.261 e. The van der Waals surface area contributed by atoms with Gasteiger partial charge in [0.15, 0.2) is 0 Å². The van der Waals surface area contributed by atoms with E-state index in [1.165, 1.54) is 25.4 Å². The summed E-state index contributed by atoms with van der Waals surface area (Å²) in [5.41, 5.74) is 3.38. The minimum atomic E-state index is -0.192. The van der Waals surface area contributed by atoms with Crippen molar-refractivity contribution in [2.75, 3.05) is 6.54 Å². The summed E-state index contributed by atoms with van der Waals surface area (Å²) in [4.78, 5) is 27.9. The summed E-state index contributed by atoms with van der Waals surface area (Å²) >= 11 is 1.74. The first-order valence-corrected chi connectivity index (χ1v) is 10.1. The number of hydrogen-bond donors (Lipinski definition) is 0. The molecule has 0 radical (unpaired) electrons. The van der Waals surface area contributed by atoms with E-state index in [0.717, 1.165) is 5.56 Å². The first-order chi connectivity index (χ1) is 13.7. The van der Waals surface area contributed by atoms with Crippen molar-refractivity contribution in [2.45, 2.75) is 6.42 Å². The molecule has 4 heteroatoms. The third-order valence-corrected chi connectivity index (χ3v) is 6.40. The van der Waals surface area contributed by atoms with Gasteiger partial charge in [-0.05, 0) is 23.8 Å². The maximum atomic E-state index is 12.7. The van der Waals surface area contributed by atoms with Gasteiger partial charge < -0.3 is 0 Å². The Balaban J connectivity index is 1.50. The van der Waals surface area contributed by atoms with Crippen LogP contribution < -0.4 is 0 Å². The monoisotopic (exact) mass is 383 g/mol. The molecule has 2 amide bonds. The lowest BCUT2D eigenvalue weighted by atomic mass is 10.0. The Bertz CT molecular complexity index is 1170. The minimum Gasteiger partial charge on any atom is -0.274 e. The number of thiophene rings is 1. The van der Waals surface area contributed by atoms with Gasteiger partial charge in [-0.25, -0.2) is 0 Å². The van der Waals surface area contributed by atoms with E-state index >= 15 is 0 Å². The molecule has 0 saturated carbocycles. The molecule has 1 aliphatic rings. The molecule has 0 fully saturated rings. The molecule has 3 aromatic carbocycles. The zero-order chi connectivity index (χ0) is 19.1. The van der Waals surface area contributed by atoms with E-state index < -0.39 is 0 Å². The maximum absolute atomic E-state index is 12.7. The molecular formula is C24H17NO2S. The predicted octanol–water partition coefficient (Wildman–Crippen LogP) is 5.41. The number of amides is 2. The van der Waals surface area contributed by atoms with E-state index in [0.29, 0.717) is 24.1 Å². The summed E-state index contributed by atoms with van der Waals surface area (Å²) in [6, 6.07) is 25.7. The van der Waals surface area contributed by atoms with E-state index in [-0.39, 0.29) is 11.8 Å². The van der Waals surface area contributed by atoms with Gasteiger partial charge in [0.25, 0.3) is 11.8 Å². The van der Waals surface area contributed by atoms with E-state index in [2.05, 4.69) is 30.3 Å². The molecule has 0 aliphatic carbocycles. The SMILES string of the molecule is O=C1c2ccccc2C(=O)N1CCc1sc2ccccc2c1-c1ccccc1. The first-order valence-electron chi connectivity index (χ1n) is 9.25. The van der Waals surface area contributed by atoms with Gasteiger partial charge in [0, 0.05) is 33.5 Å². The number of benzene rings is 3. The Morgan fingerprint density at radius 2 is 1.32 bits per heavy atom. The summed E-state index contributed by atoms with van der Waals surface area (Å²) in [7, 11) is 0. The van der Waals surface area contributed by atoms with Gasteiger partial charge in [0.05, 0.1) is 11.1 Å². The van der Waals surface area contributed by atoms with Crippen molar-refractivity contribution in [3.05, 3.63) is 94.9 Å². The van der Waals surface area contributed by atoms with E-state index in [1.54, 1.807) is 35.6 Å². The maximum Gasteiger partial charge on any atom is 0.261 e. The number of imide groups is 1. The lowest BCUT2D eigenvalue weighted by molar-refractivity contribution is 0.0656. The molecule has 136 valence electrons. The topological polar surface area (TPSA) is 37.4 Å². The average Bonchev–Trinajstić information content (AvgIpc) is 3.23. The summed E-state index contributed by atoms with van der Waals surface area (Å²) in [5, 5.41) is 1.22. The standard InChI is InChI=1S/C24H17NO2S/c26-23-17-10-4-5-11-18(17)24(27)25(23)15-14-21-22(16-8-2-1-3-9-16)19-12-6-7-13-20(19)28-21/h1-13H,14-15H2. The number of carbonyl (C=O) groups excluding carboxylic acids is 2. The van der Waals surface area contributed by atoms with Gasteiger partial charge in [0.2, 0.25) is 0 Å². The van der Waals surface area contributed by atoms with Crippen LogP contribution in [0.1, 0.15) is 25.6 Å². The quantitative estimate of drug-likeness (QED) is 0.442. The van der Waals surface area contributed by atoms with E-state index in [4.69, 9.17) is 0 Å². The van der Waals surface area contributed by atoms with Gasteiger partial charge in [-0.3, -0.25) is 14.5 Å². The van der Waals surface area contributed by atoms with Crippen molar-refractivity contribution in [3.63, 3.8) is 0 Å². The predicted molar refractivity (Wildman–Crippen MR) is 113 cm³/mol. The summed E-state index contributed by atoms with van der Waals surface area (Å²) in [6.07, 6.45) is 0.648. The third-order valence-electron chi connectivity index (χ3n) is 5.17. The Morgan fingerprint density at radius 3 is 2.04 bits per heavy atom. The van der Waals surface area contributed by atoms with Crippen LogP contribution in [-0.4, -0.2) is 23.3 Å². The molecule has 0 bridgehead atoms. The van der Waals surface area contributed by atoms with Crippen LogP contribution in [0.4, 0.5) is 0 Å². The lowest BCUT2D eigenvalue weighted by Gasteiger charge is -2.14. The Morgan fingerprint density at radius 1 is 0.714 bits per heavy atom. The van der Waals surface area contributed by atoms with Crippen LogP contribution >= 0.6 is 11.3 Å². The molecule has 28 heavy (non-hydrogen) atoms. The molecule has 2 heterocycles. The van der Waals surface area contributed by atoms with Crippen LogP contribution in [0.5, 0.6) is 0 Å². The van der Waals surface area contributed by atoms with Crippen LogP contribution in [0.25, 0.3) is 21.2 Å². The van der Waals surface area contributed by atoms with Gasteiger partial charge in [-0.1, -0.05) is 60.7 Å². The minimum absolute atomic E-state index is 0.192. The molecule has 0 spiro atoms. The van der Waals surface area contributed by atoms with Crippen molar-refractivity contribution < 1.29 is 9.59 Å². The molecule has 3 nitrogen and oxygen atoms in total. The van der Waals surface area contributed by atoms with Gasteiger partial charge in [-0.15, -0.1) is 11.3 Å². The van der Waals surface area contributed by atoms with Gasteiger partial charge >= 0.3 is 0 Å². The molecule has 4 aromatic rings. The second-order valence-electron chi connectivity index (χ2n) is 6.82. The fourth-order valence-electron chi connectivity index (χ4n) is 3.85. The van der Waals surface area contributed by atoms with Gasteiger partial charge in [-0.2, -0.15) is 0 Å². The molecule has 1 aliphatic heterocycles. The Labute approximate surface area is 166 Å². The highest BCUT2D eigenvalue weighted by molar-refractivity contribution is 7.19. The van der Waals surface area contributed by atoms with Crippen LogP contribution in [0, 0.1) is 0 Å². The summed E-state index contributed by atoms with van der Waals surface area (Å²) in [5.74, 6) is -0.383. The molecule has 0 atom stereocenters. The Hall–Kier alpha value is -3.24. The third kappa shape index (κ3) is 2.65. The number of carbonyl (C=O) groups is 2. The molecule has 1 aromatic heterocycles. The van der Waals surface area contributed by atoms with Crippen LogP contribution in [0.15, 0.2) is 78.9 Å². The number of rotatable bonds is 4.